The van der Waals surface area contributed by atoms with Crippen LogP contribution in [0.1, 0.15) is 31.2 Å². The monoisotopic (exact) mass is 469 g/mol. The lowest BCUT2D eigenvalue weighted by Crippen LogP contribution is -2.29. The van der Waals surface area contributed by atoms with Crippen LogP contribution in [0.15, 0.2) is 17.0 Å². The lowest BCUT2D eigenvalue weighted by Gasteiger charge is -2.15. The van der Waals surface area contributed by atoms with E-state index in [2.05, 4.69) is 0 Å². The third-order valence-corrected chi connectivity index (χ3v) is 5.62. The molecule has 0 atom stereocenters. The minimum atomic E-state index is -0.930. The summed E-state index contributed by atoms with van der Waals surface area (Å²) in [7, 11) is 2.94. The van der Waals surface area contributed by atoms with Crippen molar-refractivity contribution in [1.29, 1.82) is 0 Å². The molecule has 2 N–H and O–H groups in total. The SMILES string of the molecule is COc1cc(OCCCC(=O)O)cc(OC)c1/C=C1\SC(=S)N(CCCC(=O)O)C1=O. The van der Waals surface area contributed by atoms with E-state index in [-0.39, 0.29) is 31.9 Å². The maximum atomic E-state index is 12.7. The Morgan fingerprint density at radius 1 is 1.10 bits per heavy atom. The van der Waals surface area contributed by atoms with Crippen LogP contribution in [0.4, 0.5) is 0 Å². The summed E-state index contributed by atoms with van der Waals surface area (Å²) in [5.41, 5.74) is 0.522. The minimum Gasteiger partial charge on any atom is -0.496 e. The summed E-state index contributed by atoms with van der Waals surface area (Å²) in [6, 6.07) is 3.26. The van der Waals surface area contributed by atoms with Crippen molar-refractivity contribution >= 4 is 52.2 Å². The van der Waals surface area contributed by atoms with Gasteiger partial charge in [-0.15, -0.1) is 0 Å². The summed E-state index contributed by atoms with van der Waals surface area (Å²) in [6.07, 6.45) is 2.22. The number of carboxylic acid groups (broad SMARTS) is 2. The molecule has 0 unspecified atom stereocenters. The van der Waals surface area contributed by atoms with Crippen LogP contribution in [0.5, 0.6) is 17.2 Å². The highest BCUT2D eigenvalue weighted by atomic mass is 32.2. The predicted molar refractivity (Wildman–Crippen MR) is 119 cm³/mol. The second-order valence-corrected chi connectivity index (χ2v) is 8.09. The number of hydrogen-bond acceptors (Lipinski definition) is 8. The van der Waals surface area contributed by atoms with Crippen molar-refractivity contribution in [3.05, 3.63) is 22.6 Å². The van der Waals surface area contributed by atoms with Gasteiger partial charge in [-0.1, -0.05) is 24.0 Å². The van der Waals surface area contributed by atoms with Crippen molar-refractivity contribution in [2.75, 3.05) is 27.4 Å². The molecule has 1 heterocycles. The molecule has 2 rings (SSSR count). The van der Waals surface area contributed by atoms with Crippen LogP contribution < -0.4 is 14.2 Å². The maximum Gasteiger partial charge on any atom is 0.303 e. The molecule has 1 saturated heterocycles. The van der Waals surface area contributed by atoms with E-state index in [1.165, 1.54) is 19.1 Å². The van der Waals surface area contributed by atoms with Gasteiger partial charge in [-0.2, -0.15) is 0 Å². The van der Waals surface area contributed by atoms with Gasteiger partial charge in [0, 0.05) is 31.5 Å². The standard InChI is InChI=1S/C20H23NO8S2/c1-27-14-9-12(29-8-4-6-18(24)25)10-15(28-2)13(14)11-16-19(26)21(20(30)31-16)7-3-5-17(22)23/h9-11H,3-8H2,1-2H3,(H,22,23)(H,24,25)/b16-11-. The lowest BCUT2D eigenvalue weighted by molar-refractivity contribution is -0.138. The number of aliphatic carboxylic acids is 2. The second-order valence-electron chi connectivity index (χ2n) is 6.42. The van der Waals surface area contributed by atoms with E-state index in [4.69, 9.17) is 36.6 Å². The molecule has 0 aliphatic carbocycles. The first-order valence-corrected chi connectivity index (χ1v) is 10.6. The zero-order valence-corrected chi connectivity index (χ0v) is 18.7. The zero-order valence-electron chi connectivity index (χ0n) is 17.1. The van der Waals surface area contributed by atoms with Gasteiger partial charge in [-0.3, -0.25) is 19.3 Å². The molecule has 1 aromatic carbocycles. The van der Waals surface area contributed by atoms with Crippen LogP contribution in [0.25, 0.3) is 6.08 Å². The Labute approximate surface area is 189 Å². The third-order valence-electron chi connectivity index (χ3n) is 4.24. The highest BCUT2D eigenvalue weighted by Crippen LogP contribution is 2.40. The van der Waals surface area contributed by atoms with Crippen molar-refractivity contribution in [2.24, 2.45) is 0 Å². The highest BCUT2D eigenvalue weighted by Gasteiger charge is 2.32. The Hall–Kier alpha value is -2.79. The average Bonchev–Trinajstić information content (AvgIpc) is 2.98. The van der Waals surface area contributed by atoms with Gasteiger partial charge in [0.15, 0.2) is 0 Å². The van der Waals surface area contributed by atoms with E-state index in [9.17, 15) is 14.4 Å². The number of hydrogen-bond donors (Lipinski definition) is 2. The molecule has 0 bridgehead atoms. The van der Waals surface area contributed by atoms with E-state index in [1.807, 2.05) is 0 Å². The van der Waals surface area contributed by atoms with Crippen LogP contribution in [0.3, 0.4) is 0 Å². The summed E-state index contributed by atoms with van der Waals surface area (Å²) in [4.78, 5) is 35.8. The molecule has 1 aliphatic heterocycles. The topological polar surface area (TPSA) is 123 Å². The Kier molecular flexibility index (Phi) is 9.13. The van der Waals surface area contributed by atoms with Gasteiger partial charge in [0.2, 0.25) is 0 Å². The molecular formula is C20H23NO8S2. The number of thiocarbonyl (C=S) groups is 1. The van der Waals surface area contributed by atoms with Crippen molar-refractivity contribution in [3.8, 4) is 17.2 Å². The van der Waals surface area contributed by atoms with Crippen molar-refractivity contribution < 1.29 is 38.8 Å². The molecule has 0 spiro atoms. The van der Waals surface area contributed by atoms with Crippen LogP contribution in [-0.4, -0.2) is 64.7 Å². The fourth-order valence-electron chi connectivity index (χ4n) is 2.77. The van der Waals surface area contributed by atoms with Gasteiger partial charge in [-0.05, 0) is 18.9 Å². The van der Waals surface area contributed by atoms with Gasteiger partial charge in [0.1, 0.15) is 21.6 Å². The number of nitrogens with zero attached hydrogens (tertiary/aromatic N) is 1. The summed E-state index contributed by atoms with van der Waals surface area (Å²) in [5, 5.41) is 17.5. The van der Waals surface area contributed by atoms with E-state index in [0.717, 1.165) is 11.8 Å². The third kappa shape index (κ3) is 6.86. The molecule has 9 nitrogen and oxygen atoms in total. The molecule has 1 fully saturated rings. The molecule has 0 aromatic heterocycles. The summed E-state index contributed by atoms with van der Waals surface area (Å²) in [6.45, 7) is 0.443. The largest absolute Gasteiger partial charge is 0.496 e. The molecule has 0 saturated carbocycles. The van der Waals surface area contributed by atoms with Crippen LogP contribution in [-0.2, 0) is 14.4 Å². The lowest BCUT2D eigenvalue weighted by atomic mass is 10.1. The van der Waals surface area contributed by atoms with Crippen molar-refractivity contribution in [2.45, 2.75) is 25.7 Å². The van der Waals surface area contributed by atoms with Gasteiger partial charge in [-0.25, -0.2) is 0 Å². The maximum absolute atomic E-state index is 12.7. The number of carbonyl (C=O) groups is 3. The first-order valence-electron chi connectivity index (χ1n) is 9.34. The van der Waals surface area contributed by atoms with Gasteiger partial charge in [0.25, 0.3) is 5.91 Å². The fourth-order valence-corrected chi connectivity index (χ4v) is 4.06. The Morgan fingerprint density at radius 2 is 1.68 bits per heavy atom. The zero-order chi connectivity index (χ0) is 23.0. The first-order chi connectivity index (χ1) is 14.8. The fraction of sp³-hybridized carbons (Fsp3) is 0.400. The number of benzene rings is 1. The average molecular weight is 470 g/mol. The van der Waals surface area contributed by atoms with Crippen molar-refractivity contribution in [1.82, 2.24) is 4.90 Å². The van der Waals surface area contributed by atoms with Crippen LogP contribution >= 0.6 is 24.0 Å². The number of amides is 1. The van der Waals surface area contributed by atoms with E-state index < -0.39 is 11.9 Å². The van der Waals surface area contributed by atoms with Crippen LogP contribution in [0.2, 0.25) is 0 Å². The van der Waals surface area contributed by atoms with E-state index in [0.29, 0.717) is 44.9 Å². The molecular weight excluding hydrogens is 446 g/mol. The Balaban J connectivity index is 2.21. The molecule has 11 heteroatoms. The van der Waals surface area contributed by atoms with Gasteiger partial charge in [0.05, 0.1) is 31.3 Å². The van der Waals surface area contributed by atoms with Gasteiger partial charge >= 0.3 is 11.9 Å². The van der Waals surface area contributed by atoms with E-state index in [1.54, 1.807) is 18.2 Å². The smallest absolute Gasteiger partial charge is 0.303 e. The molecule has 0 radical (unpaired) electrons. The number of rotatable bonds is 12. The Morgan fingerprint density at radius 3 is 2.23 bits per heavy atom. The number of methoxy groups -OCH3 is 2. The second kappa shape index (κ2) is 11.6. The number of carboxylic acids is 2. The summed E-state index contributed by atoms with van der Waals surface area (Å²) in [5.74, 6) is -0.876. The van der Waals surface area contributed by atoms with Gasteiger partial charge < -0.3 is 24.4 Å². The van der Waals surface area contributed by atoms with Crippen LogP contribution in [0, 0.1) is 0 Å². The molecule has 31 heavy (non-hydrogen) atoms. The molecule has 1 aliphatic rings. The molecule has 168 valence electrons. The minimum absolute atomic E-state index is 0.000656. The van der Waals surface area contributed by atoms with Crippen molar-refractivity contribution in [3.63, 3.8) is 0 Å². The molecule has 1 amide bonds. The quantitative estimate of drug-likeness (QED) is 0.268. The Bertz CT molecular complexity index is 874. The number of carbonyl (C=O) groups excluding carboxylic acids is 1. The van der Waals surface area contributed by atoms with E-state index >= 15 is 0 Å². The number of ether oxygens (including phenoxy) is 3. The summed E-state index contributed by atoms with van der Waals surface area (Å²) >= 11 is 6.39. The predicted octanol–water partition coefficient (Wildman–Crippen LogP) is 3.01. The number of thioether (sulfide) groups is 1. The highest BCUT2D eigenvalue weighted by molar-refractivity contribution is 8.26. The summed E-state index contributed by atoms with van der Waals surface area (Å²) < 4.78 is 16.8. The normalized spacial score (nSPS) is 14.8. The molecule has 1 aromatic rings. The first kappa shape index (κ1) is 24.5.